The fourth-order valence-corrected chi connectivity index (χ4v) is 6.85. The Hall–Kier alpha value is -3.51. The minimum Gasteiger partial charge on any atom is -0.390 e. The van der Waals surface area contributed by atoms with E-state index in [4.69, 9.17) is 25.5 Å². The highest BCUT2D eigenvalue weighted by molar-refractivity contribution is 7.46. The van der Waals surface area contributed by atoms with Gasteiger partial charge in [0.1, 0.15) is 31.0 Å². The number of aromatic amines is 2. The first-order chi connectivity index (χ1) is 20.4. The van der Waals surface area contributed by atoms with Crippen LogP contribution in [0.2, 0.25) is 0 Å². The minimum atomic E-state index is -4.82. The second kappa shape index (κ2) is 11.2. The summed E-state index contributed by atoms with van der Waals surface area (Å²) in [4.78, 5) is 60.9. The lowest BCUT2D eigenvalue weighted by Crippen LogP contribution is -2.30. The third-order valence-electron chi connectivity index (χ3n) is 8.06. The summed E-state index contributed by atoms with van der Waals surface area (Å²) in [6, 6.07) is 0. The largest absolute Gasteiger partial charge is 0.469 e. The summed E-state index contributed by atoms with van der Waals surface area (Å²) in [5, 5.41) is 10.8. The molecule has 43 heavy (non-hydrogen) atoms. The van der Waals surface area contributed by atoms with Crippen LogP contribution in [0, 0.1) is 0 Å². The minimum absolute atomic E-state index is 0.00540. The van der Waals surface area contributed by atoms with Gasteiger partial charge in [0.05, 0.1) is 30.7 Å². The molecule has 0 aliphatic carbocycles. The predicted octanol–water partition coefficient (Wildman–Crippen LogP) is -0.646. The number of H-pyrrole nitrogens is 2. The highest BCUT2D eigenvalue weighted by atomic mass is 31.2. The molecule has 0 saturated carbocycles. The van der Waals surface area contributed by atoms with E-state index in [0.717, 1.165) is 0 Å². The van der Waals surface area contributed by atoms with Crippen LogP contribution in [0.4, 0.5) is 17.6 Å². The number of aliphatic hydroxyl groups excluding tert-OH is 1. The number of hydrogen-bond acceptors (Lipinski definition) is 12. The highest BCUT2D eigenvalue weighted by Crippen LogP contribution is 2.45. The maximum absolute atomic E-state index is 12.4. The topological polar surface area (TPSA) is 270 Å². The van der Waals surface area contributed by atoms with E-state index in [1.165, 1.54) is 10.9 Å². The Kier molecular flexibility index (Phi) is 7.70. The number of fused-ring (bicyclic) bond motifs is 2. The Balaban J connectivity index is 1.07. The summed E-state index contributed by atoms with van der Waals surface area (Å²) in [7, 11) is -3.09. The van der Waals surface area contributed by atoms with Crippen molar-refractivity contribution in [3.05, 3.63) is 32.7 Å². The summed E-state index contributed by atoms with van der Waals surface area (Å²) in [6.07, 6.45) is 2.04. The molecule has 3 aliphatic rings. The lowest BCUT2D eigenvalue weighted by Gasteiger charge is -2.20. The molecular weight excluding hydrogens is 589 g/mol. The molecule has 0 radical (unpaired) electrons. The van der Waals surface area contributed by atoms with Crippen molar-refractivity contribution in [1.29, 1.82) is 0 Å². The molecule has 3 aromatic heterocycles. The number of rotatable bonds is 9. The van der Waals surface area contributed by atoms with Crippen LogP contribution in [0.25, 0.3) is 11.2 Å². The molecule has 19 heteroatoms. The van der Waals surface area contributed by atoms with Gasteiger partial charge in [0, 0.05) is 12.8 Å². The van der Waals surface area contributed by atoms with Crippen molar-refractivity contribution in [2.75, 3.05) is 18.5 Å². The Morgan fingerprint density at radius 1 is 1.12 bits per heavy atom. The van der Waals surface area contributed by atoms with Gasteiger partial charge in [-0.05, 0) is 12.8 Å². The van der Waals surface area contributed by atoms with Gasteiger partial charge in [-0.1, -0.05) is 12.8 Å². The second-order valence-electron chi connectivity index (χ2n) is 11.1. The molecule has 2 fully saturated rings. The molecule has 3 aliphatic heterocycles. The standard InChI is InChI=1S/C24H32N9O9P/c1-32-8-11(16-18(32)22(36)31-23(25)28-16)19-12(34)6-10(40-19)4-2-3-5-13-14(42-43(37,38)39)7-15(41-13)33-9-27-17-20(33)29-24(26)30-21(17)35/h8-15,19,34H,2-7H2,1H3,(H7-,25,26,28,29,30,31,35,36,37,38,39)/p+1/t10-,11?,12+,13-,14-,15-,19?/m1/s1. The molecule has 2 unspecified atom stereocenters. The number of phosphoric acid groups is 1. The fourth-order valence-electron chi connectivity index (χ4n) is 6.27. The second-order valence-corrected chi connectivity index (χ2v) is 12.2. The molecule has 2 saturated heterocycles. The first kappa shape index (κ1) is 29.6. The van der Waals surface area contributed by atoms with Gasteiger partial charge in [0.25, 0.3) is 11.2 Å². The number of hydrogen-bond donors (Lipinski definition) is 7. The highest BCUT2D eigenvalue weighted by Gasteiger charge is 2.47. The van der Waals surface area contributed by atoms with Crippen LogP contribution < -0.4 is 22.6 Å². The number of unbranched alkanes of at least 4 members (excludes halogenated alkanes) is 1. The third-order valence-corrected chi connectivity index (χ3v) is 8.60. The van der Waals surface area contributed by atoms with Gasteiger partial charge in [0.2, 0.25) is 11.9 Å². The van der Waals surface area contributed by atoms with Crippen molar-refractivity contribution in [2.24, 2.45) is 0 Å². The van der Waals surface area contributed by atoms with Crippen molar-refractivity contribution in [1.82, 2.24) is 29.5 Å². The number of nitrogens with one attached hydrogen (secondary N) is 2. The molecule has 6 rings (SSSR count). The molecule has 6 heterocycles. The Bertz CT molecular complexity index is 1730. The Morgan fingerprint density at radius 3 is 2.60 bits per heavy atom. The van der Waals surface area contributed by atoms with Gasteiger partial charge < -0.3 is 35.8 Å². The molecule has 9 N–H and O–H groups in total. The number of phosphoric ester groups is 1. The van der Waals surface area contributed by atoms with Crippen molar-refractivity contribution in [3.8, 4) is 0 Å². The van der Waals surface area contributed by atoms with Gasteiger partial charge in [-0.15, -0.1) is 0 Å². The molecule has 0 amide bonds. The van der Waals surface area contributed by atoms with Crippen LogP contribution in [0.5, 0.6) is 0 Å². The zero-order chi connectivity index (χ0) is 30.6. The number of aliphatic hydroxyl groups is 1. The number of anilines is 2. The number of ether oxygens (including phenoxy) is 2. The molecule has 0 aromatic carbocycles. The van der Waals surface area contributed by atoms with Crippen LogP contribution >= 0.6 is 7.82 Å². The van der Waals surface area contributed by atoms with E-state index < -0.39 is 49.9 Å². The van der Waals surface area contributed by atoms with E-state index in [1.807, 2.05) is 0 Å². The van der Waals surface area contributed by atoms with Crippen LogP contribution in [0.1, 0.15) is 56.4 Å². The van der Waals surface area contributed by atoms with Crippen molar-refractivity contribution in [2.45, 2.75) is 81.2 Å². The smallest absolute Gasteiger partial charge is 0.390 e. The van der Waals surface area contributed by atoms with Gasteiger partial charge in [-0.25, -0.2) is 14.5 Å². The maximum atomic E-state index is 12.4. The van der Waals surface area contributed by atoms with E-state index in [0.29, 0.717) is 43.5 Å². The van der Waals surface area contributed by atoms with Crippen molar-refractivity contribution >= 4 is 42.8 Å². The van der Waals surface area contributed by atoms with E-state index >= 15 is 0 Å². The number of imidazole rings is 1. The average Bonchev–Trinajstić information content (AvgIpc) is 3.66. The fraction of sp³-hybridized carbons (Fsp3) is 0.583. The van der Waals surface area contributed by atoms with E-state index in [9.17, 15) is 29.0 Å². The summed E-state index contributed by atoms with van der Waals surface area (Å²) >= 11 is 0. The van der Waals surface area contributed by atoms with Crippen LogP contribution in [0.15, 0.2) is 15.9 Å². The van der Waals surface area contributed by atoms with Crippen LogP contribution in [-0.4, -0.2) is 92.7 Å². The quantitative estimate of drug-likeness (QED) is 0.0888. The zero-order valence-corrected chi connectivity index (χ0v) is 24.0. The van der Waals surface area contributed by atoms with Crippen LogP contribution in [-0.2, 0) is 18.6 Å². The molecule has 7 atom stereocenters. The zero-order valence-electron chi connectivity index (χ0n) is 23.1. The number of nitrogen functional groups attached to an aromatic ring is 2. The predicted molar refractivity (Wildman–Crippen MR) is 150 cm³/mol. The van der Waals surface area contributed by atoms with Crippen molar-refractivity contribution in [3.63, 3.8) is 0 Å². The lowest BCUT2D eigenvalue weighted by molar-refractivity contribution is -0.398. The monoisotopic (exact) mass is 622 g/mol. The summed E-state index contributed by atoms with van der Waals surface area (Å²) in [6.45, 7) is 0. The van der Waals surface area contributed by atoms with Crippen molar-refractivity contribution < 1.29 is 38.0 Å². The van der Waals surface area contributed by atoms with Gasteiger partial charge >= 0.3 is 13.4 Å². The molecule has 18 nitrogen and oxygen atoms in total. The third kappa shape index (κ3) is 5.86. The van der Waals surface area contributed by atoms with Gasteiger partial charge in [-0.3, -0.25) is 28.6 Å². The first-order valence-corrected chi connectivity index (χ1v) is 15.3. The van der Waals surface area contributed by atoms with E-state index in [-0.39, 0.29) is 41.1 Å². The summed E-state index contributed by atoms with van der Waals surface area (Å²) in [5.41, 5.74) is 11.6. The molecule has 3 aromatic rings. The molecular formula is C24H33N9O9P+. The number of nitrogens with two attached hydrogens (primary N) is 2. The average molecular weight is 623 g/mol. The van der Waals surface area contributed by atoms with E-state index in [2.05, 4.69) is 24.9 Å². The summed E-state index contributed by atoms with van der Waals surface area (Å²) in [5.74, 6) is -0.540. The molecule has 0 bridgehead atoms. The summed E-state index contributed by atoms with van der Waals surface area (Å²) < 4.78 is 32.2. The Morgan fingerprint density at radius 2 is 1.84 bits per heavy atom. The van der Waals surface area contributed by atoms with E-state index in [1.54, 1.807) is 17.8 Å². The molecule has 0 spiro atoms. The van der Waals surface area contributed by atoms with Gasteiger partial charge in [0.15, 0.2) is 17.4 Å². The lowest BCUT2D eigenvalue weighted by atomic mass is 9.95. The first-order valence-electron chi connectivity index (χ1n) is 13.8. The normalized spacial score (nSPS) is 28.9. The number of aromatic nitrogens is 6. The van der Waals surface area contributed by atoms with Crippen LogP contribution in [0.3, 0.4) is 0 Å². The van der Waals surface area contributed by atoms with Gasteiger partial charge in [-0.2, -0.15) is 9.56 Å². The SMILES string of the molecule is C[N+]1=CC(C2O[C@H](CCCC[C@H]3O[C@@H](n4cnc5c(=O)[nH]c(N)nc54)C[C@H]3OP(=O)(O)O)C[C@@H]2O)c2nc(N)[nH]c(=O)c21. The Labute approximate surface area is 243 Å². The maximum Gasteiger partial charge on any atom is 0.469 e. The molecule has 232 valence electrons. The number of nitrogens with zero attached hydrogens (tertiary/aromatic N) is 5.